The highest BCUT2D eigenvalue weighted by Crippen LogP contribution is 2.27. The maximum atomic E-state index is 5.71. The van der Waals surface area contributed by atoms with Crippen LogP contribution in [0.4, 0.5) is 0 Å². The Morgan fingerprint density at radius 1 is 1.28 bits per heavy atom. The van der Waals surface area contributed by atoms with Gasteiger partial charge in [0.25, 0.3) is 0 Å². The van der Waals surface area contributed by atoms with E-state index < -0.39 is 0 Å². The number of aryl methyl sites for hydroxylation is 1. The minimum atomic E-state index is 0.436. The molecule has 0 radical (unpaired) electrons. The molecule has 0 aliphatic heterocycles. The average Bonchev–Trinajstić information content (AvgIpc) is 2.77. The second-order valence-corrected chi connectivity index (χ2v) is 4.93. The van der Waals surface area contributed by atoms with E-state index in [1.54, 1.807) is 18.4 Å². The first kappa shape index (κ1) is 12.9. The molecule has 1 aromatic carbocycles. The summed E-state index contributed by atoms with van der Waals surface area (Å²) >= 11 is 1.59. The quantitative estimate of drug-likeness (QED) is 0.901. The Morgan fingerprint density at radius 2 is 2.00 bits per heavy atom. The summed E-state index contributed by atoms with van der Waals surface area (Å²) in [5, 5.41) is 0.929. The van der Waals surface area contributed by atoms with E-state index >= 15 is 0 Å². The molecule has 0 bridgehead atoms. The Kier molecular flexibility index (Phi) is 4.17. The van der Waals surface area contributed by atoms with Gasteiger partial charge in [-0.2, -0.15) is 0 Å². The maximum Gasteiger partial charge on any atom is 0.161 e. The molecule has 18 heavy (non-hydrogen) atoms. The minimum absolute atomic E-state index is 0.436. The Balaban J connectivity index is 2.06. The molecule has 0 saturated carbocycles. The van der Waals surface area contributed by atoms with Crippen LogP contribution in [0.3, 0.4) is 0 Å². The van der Waals surface area contributed by atoms with Gasteiger partial charge in [-0.1, -0.05) is 12.1 Å². The fourth-order valence-electron chi connectivity index (χ4n) is 1.62. The first-order chi connectivity index (χ1) is 8.74. The van der Waals surface area contributed by atoms with Crippen LogP contribution < -0.4 is 15.2 Å². The van der Waals surface area contributed by atoms with Gasteiger partial charge in [-0.05, 0) is 19.1 Å². The summed E-state index contributed by atoms with van der Waals surface area (Å²) in [6, 6.07) is 7.57. The Labute approximate surface area is 110 Å². The van der Waals surface area contributed by atoms with Crippen LogP contribution in [0, 0.1) is 6.92 Å². The summed E-state index contributed by atoms with van der Waals surface area (Å²) in [6.45, 7) is 2.93. The number of hydrogen-bond donors (Lipinski definition) is 1. The molecular formula is C13H16N2O2S. The molecule has 0 unspecified atom stereocenters. The summed E-state index contributed by atoms with van der Waals surface area (Å²) in [5.41, 5.74) is 6.61. The van der Waals surface area contributed by atoms with Gasteiger partial charge < -0.3 is 15.2 Å². The van der Waals surface area contributed by atoms with Gasteiger partial charge in [0, 0.05) is 11.4 Å². The van der Waals surface area contributed by atoms with Gasteiger partial charge in [0.2, 0.25) is 0 Å². The predicted octanol–water partition coefficient (Wildman–Crippen LogP) is 2.50. The van der Waals surface area contributed by atoms with Crippen molar-refractivity contribution in [1.29, 1.82) is 0 Å². The average molecular weight is 264 g/mol. The number of methoxy groups -OCH3 is 1. The molecular weight excluding hydrogens is 248 g/mol. The lowest BCUT2D eigenvalue weighted by Gasteiger charge is -2.08. The van der Waals surface area contributed by atoms with Crippen LogP contribution in [-0.2, 0) is 13.2 Å². The van der Waals surface area contributed by atoms with Gasteiger partial charge in [-0.15, -0.1) is 11.3 Å². The summed E-state index contributed by atoms with van der Waals surface area (Å²) in [6.07, 6.45) is 0. The topological polar surface area (TPSA) is 57.4 Å². The van der Waals surface area contributed by atoms with Crippen molar-refractivity contribution in [1.82, 2.24) is 4.98 Å². The number of hydrogen-bond acceptors (Lipinski definition) is 5. The van der Waals surface area contributed by atoms with E-state index in [1.807, 2.05) is 31.2 Å². The summed E-state index contributed by atoms with van der Waals surface area (Å²) in [7, 11) is 1.63. The van der Waals surface area contributed by atoms with Gasteiger partial charge in [0.05, 0.1) is 12.8 Å². The van der Waals surface area contributed by atoms with Gasteiger partial charge >= 0.3 is 0 Å². The number of para-hydroxylation sites is 2. The van der Waals surface area contributed by atoms with Crippen molar-refractivity contribution in [3.05, 3.63) is 39.8 Å². The van der Waals surface area contributed by atoms with Crippen LogP contribution in [0.15, 0.2) is 24.3 Å². The molecule has 0 spiro atoms. The molecule has 2 N–H and O–H groups in total. The molecule has 0 amide bonds. The van der Waals surface area contributed by atoms with Gasteiger partial charge in [0.1, 0.15) is 11.6 Å². The third-order valence-corrected chi connectivity index (χ3v) is 3.70. The van der Waals surface area contributed by atoms with E-state index in [9.17, 15) is 0 Å². The van der Waals surface area contributed by atoms with E-state index in [1.165, 1.54) is 0 Å². The van der Waals surface area contributed by atoms with Crippen molar-refractivity contribution < 1.29 is 9.47 Å². The SMILES string of the molecule is COc1ccccc1OCc1nc(C)c(CN)s1. The molecule has 0 saturated heterocycles. The second kappa shape index (κ2) is 5.84. The predicted molar refractivity (Wildman–Crippen MR) is 72.1 cm³/mol. The fraction of sp³-hybridized carbons (Fsp3) is 0.308. The smallest absolute Gasteiger partial charge is 0.161 e. The Morgan fingerprint density at radius 3 is 2.61 bits per heavy atom. The molecule has 0 fully saturated rings. The van der Waals surface area contributed by atoms with E-state index in [4.69, 9.17) is 15.2 Å². The van der Waals surface area contributed by atoms with E-state index in [0.717, 1.165) is 27.1 Å². The lowest BCUT2D eigenvalue weighted by Crippen LogP contribution is -1.97. The third-order valence-electron chi connectivity index (χ3n) is 2.54. The number of benzene rings is 1. The van der Waals surface area contributed by atoms with Gasteiger partial charge in [-0.25, -0.2) is 4.98 Å². The second-order valence-electron chi connectivity index (χ2n) is 3.76. The lowest BCUT2D eigenvalue weighted by molar-refractivity contribution is 0.284. The van der Waals surface area contributed by atoms with E-state index in [0.29, 0.717) is 13.2 Å². The monoisotopic (exact) mass is 264 g/mol. The van der Waals surface area contributed by atoms with Crippen molar-refractivity contribution in [3.8, 4) is 11.5 Å². The van der Waals surface area contributed by atoms with Crippen LogP contribution in [0.25, 0.3) is 0 Å². The van der Waals surface area contributed by atoms with Crippen LogP contribution >= 0.6 is 11.3 Å². The largest absolute Gasteiger partial charge is 0.493 e. The highest BCUT2D eigenvalue weighted by Gasteiger charge is 2.08. The molecule has 5 heteroatoms. The lowest BCUT2D eigenvalue weighted by atomic mass is 10.3. The van der Waals surface area contributed by atoms with Gasteiger partial charge in [0.15, 0.2) is 11.5 Å². The van der Waals surface area contributed by atoms with Crippen LogP contribution in [0.5, 0.6) is 11.5 Å². The molecule has 4 nitrogen and oxygen atoms in total. The zero-order chi connectivity index (χ0) is 13.0. The summed E-state index contributed by atoms with van der Waals surface area (Å²) in [4.78, 5) is 5.53. The minimum Gasteiger partial charge on any atom is -0.493 e. The molecule has 2 aromatic rings. The van der Waals surface area contributed by atoms with Crippen molar-refractivity contribution >= 4 is 11.3 Å². The van der Waals surface area contributed by atoms with Crippen molar-refractivity contribution in [2.24, 2.45) is 5.73 Å². The normalized spacial score (nSPS) is 10.4. The Bertz CT molecular complexity index is 525. The molecule has 0 atom stereocenters. The third kappa shape index (κ3) is 2.80. The van der Waals surface area contributed by atoms with Crippen LogP contribution in [-0.4, -0.2) is 12.1 Å². The highest BCUT2D eigenvalue weighted by molar-refractivity contribution is 7.11. The number of thiazole rings is 1. The van der Waals surface area contributed by atoms with Crippen molar-refractivity contribution in [3.63, 3.8) is 0 Å². The summed E-state index contributed by atoms with van der Waals surface area (Å²) < 4.78 is 10.9. The first-order valence-corrected chi connectivity index (χ1v) is 6.47. The molecule has 0 aliphatic carbocycles. The van der Waals surface area contributed by atoms with E-state index in [-0.39, 0.29) is 0 Å². The van der Waals surface area contributed by atoms with Crippen LogP contribution in [0.2, 0.25) is 0 Å². The molecule has 96 valence electrons. The van der Waals surface area contributed by atoms with Gasteiger partial charge in [-0.3, -0.25) is 0 Å². The fourth-order valence-corrected chi connectivity index (χ4v) is 2.48. The Hall–Kier alpha value is -1.59. The molecule has 1 aromatic heterocycles. The number of ether oxygens (including phenoxy) is 2. The first-order valence-electron chi connectivity index (χ1n) is 5.65. The number of nitrogens with zero attached hydrogens (tertiary/aromatic N) is 1. The number of aromatic nitrogens is 1. The summed E-state index contributed by atoms with van der Waals surface area (Å²) in [5.74, 6) is 1.45. The zero-order valence-electron chi connectivity index (χ0n) is 10.5. The molecule has 1 heterocycles. The maximum absolute atomic E-state index is 5.71. The zero-order valence-corrected chi connectivity index (χ0v) is 11.3. The van der Waals surface area contributed by atoms with Crippen molar-refractivity contribution in [2.45, 2.75) is 20.1 Å². The molecule has 0 aliphatic rings. The van der Waals surface area contributed by atoms with E-state index in [2.05, 4.69) is 4.98 Å². The number of nitrogens with two attached hydrogens (primary N) is 1. The van der Waals surface area contributed by atoms with Crippen molar-refractivity contribution in [2.75, 3.05) is 7.11 Å². The number of rotatable bonds is 5. The standard InChI is InChI=1S/C13H16N2O2S/c1-9-12(7-14)18-13(15-9)8-17-11-6-4-3-5-10(11)16-2/h3-6H,7-8,14H2,1-2H3. The molecule has 2 rings (SSSR count). The van der Waals surface area contributed by atoms with Crippen LogP contribution in [0.1, 0.15) is 15.6 Å². The highest BCUT2D eigenvalue weighted by atomic mass is 32.1.